The zero-order valence-electron chi connectivity index (χ0n) is 15.2. The molecule has 0 saturated heterocycles. The molecule has 1 N–H and O–H groups in total. The van der Waals surface area contributed by atoms with E-state index < -0.39 is 0 Å². The van der Waals surface area contributed by atoms with Gasteiger partial charge < -0.3 is 9.88 Å². The molecule has 0 fully saturated rings. The minimum atomic E-state index is -0.000453. The van der Waals surface area contributed by atoms with Gasteiger partial charge in [0.25, 0.3) is 5.56 Å². The summed E-state index contributed by atoms with van der Waals surface area (Å²) >= 11 is 0. The van der Waals surface area contributed by atoms with Crippen LogP contribution in [0.4, 0.5) is 0 Å². The van der Waals surface area contributed by atoms with Gasteiger partial charge in [-0.2, -0.15) is 0 Å². The lowest BCUT2D eigenvalue weighted by atomic mass is 9.90. The number of nitrogens with zero attached hydrogens (tertiary/aromatic N) is 1. The Morgan fingerprint density at radius 1 is 1.05 bits per heavy atom. The van der Waals surface area contributed by atoms with E-state index in [0.717, 1.165) is 37.2 Å². The Balaban J connectivity index is 2.97. The van der Waals surface area contributed by atoms with Crippen LogP contribution in [0.1, 0.15) is 78.0 Å². The van der Waals surface area contributed by atoms with Gasteiger partial charge in [0.15, 0.2) is 0 Å². The van der Waals surface area contributed by atoms with E-state index in [2.05, 4.69) is 46.0 Å². The number of hydrogen-bond donors (Lipinski definition) is 1. The molecule has 0 atom stereocenters. The lowest BCUT2D eigenvalue weighted by molar-refractivity contribution is 0.480. The lowest BCUT2D eigenvalue weighted by Gasteiger charge is -2.25. The molecule has 1 aromatic heterocycles. The van der Waals surface area contributed by atoms with E-state index in [-0.39, 0.29) is 11.0 Å². The quantitative estimate of drug-likeness (QED) is 0.693. The van der Waals surface area contributed by atoms with Crippen molar-refractivity contribution in [3.8, 4) is 0 Å². The third kappa shape index (κ3) is 5.60. The predicted octanol–water partition coefficient (Wildman–Crippen LogP) is 4.23. The maximum atomic E-state index is 12.8. The Kier molecular flexibility index (Phi) is 7.88. The van der Waals surface area contributed by atoms with Crippen molar-refractivity contribution in [3.05, 3.63) is 33.7 Å². The molecule has 0 aliphatic carbocycles. The normalized spacial score (nSPS) is 11.9. The van der Waals surface area contributed by atoms with Gasteiger partial charge in [-0.05, 0) is 25.5 Å². The molecule has 0 aliphatic rings. The molecule has 0 saturated carbocycles. The van der Waals surface area contributed by atoms with Crippen molar-refractivity contribution in [1.82, 2.24) is 9.88 Å². The smallest absolute Gasteiger partial charge is 0.255 e. The van der Waals surface area contributed by atoms with Crippen molar-refractivity contribution in [1.29, 1.82) is 0 Å². The lowest BCUT2D eigenvalue weighted by Crippen LogP contribution is -2.33. The largest absolute Gasteiger partial charge is 0.312 e. The van der Waals surface area contributed by atoms with E-state index in [1.807, 2.05) is 10.6 Å². The van der Waals surface area contributed by atoms with Crippen LogP contribution in [-0.4, -0.2) is 11.1 Å². The summed E-state index contributed by atoms with van der Waals surface area (Å²) in [5.41, 5.74) is 2.22. The van der Waals surface area contributed by atoms with Gasteiger partial charge in [-0.25, -0.2) is 0 Å². The second kappa shape index (κ2) is 9.14. The van der Waals surface area contributed by atoms with Gasteiger partial charge >= 0.3 is 0 Å². The summed E-state index contributed by atoms with van der Waals surface area (Å²) < 4.78 is 2.01. The molecular weight excluding hydrogens is 272 g/mol. The molecule has 0 spiro atoms. The van der Waals surface area contributed by atoms with E-state index in [9.17, 15) is 4.79 Å². The van der Waals surface area contributed by atoms with E-state index in [1.54, 1.807) is 0 Å². The van der Waals surface area contributed by atoms with Gasteiger partial charge in [-0.1, -0.05) is 59.9 Å². The Morgan fingerprint density at radius 3 is 2.32 bits per heavy atom. The maximum absolute atomic E-state index is 12.8. The minimum Gasteiger partial charge on any atom is -0.312 e. The molecule has 0 aliphatic heterocycles. The average Bonchev–Trinajstić information content (AvgIpc) is 2.45. The number of nitrogens with one attached hydrogen (secondary N) is 1. The highest BCUT2D eigenvalue weighted by Crippen LogP contribution is 2.21. The molecule has 0 bridgehead atoms. The van der Waals surface area contributed by atoms with E-state index in [0.29, 0.717) is 6.54 Å². The highest BCUT2D eigenvalue weighted by Gasteiger charge is 2.19. The topological polar surface area (TPSA) is 34.0 Å². The maximum Gasteiger partial charge on any atom is 0.255 e. The third-order valence-corrected chi connectivity index (χ3v) is 4.03. The average molecular weight is 306 g/mol. The summed E-state index contributed by atoms with van der Waals surface area (Å²) in [7, 11) is 0. The van der Waals surface area contributed by atoms with Crippen LogP contribution in [0.2, 0.25) is 0 Å². The van der Waals surface area contributed by atoms with Gasteiger partial charge in [0.2, 0.25) is 0 Å². The number of aromatic nitrogens is 1. The standard InChI is InChI=1S/C19H34N2O/c1-6-8-10-14-21-17(19(3,4)5)12-11-16(18(21)22)15-20-13-9-7-2/h11-12,20H,6-10,13-15H2,1-5H3. The van der Waals surface area contributed by atoms with Gasteiger partial charge in [0, 0.05) is 29.8 Å². The van der Waals surface area contributed by atoms with Crippen LogP contribution in [0.3, 0.4) is 0 Å². The van der Waals surface area contributed by atoms with Crippen LogP contribution >= 0.6 is 0 Å². The van der Waals surface area contributed by atoms with Crippen molar-refractivity contribution in [3.63, 3.8) is 0 Å². The Morgan fingerprint density at radius 2 is 1.73 bits per heavy atom. The molecule has 1 heterocycles. The van der Waals surface area contributed by atoms with Crippen molar-refractivity contribution in [2.75, 3.05) is 6.54 Å². The highest BCUT2D eigenvalue weighted by atomic mass is 16.1. The summed E-state index contributed by atoms with van der Waals surface area (Å²) in [4.78, 5) is 12.8. The molecule has 126 valence electrons. The first-order valence-corrected chi connectivity index (χ1v) is 8.85. The van der Waals surface area contributed by atoms with Crippen LogP contribution in [0.25, 0.3) is 0 Å². The number of unbranched alkanes of at least 4 members (excludes halogenated alkanes) is 3. The zero-order valence-corrected chi connectivity index (χ0v) is 15.2. The van der Waals surface area contributed by atoms with Crippen LogP contribution < -0.4 is 10.9 Å². The first kappa shape index (κ1) is 19.0. The molecule has 0 radical (unpaired) electrons. The number of hydrogen-bond acceptors (Lipinski definition) is 2. The first-order chi connectivity index (χ1) is 10.4. The zero-order chi connectivity index (χ0) is 16.6. The summed E-state index contributed by atoms with van der Waals surface area (Å²) in [6.07, 6.45) is 5.76. The monoisotopic (exact) mass is 306 g/mol. The van der Waals surface area contributed by atoms with E-state index in [4.69, 9.17) is 0 Å². The molecule has 1 aromatic rings. The molecule has 22 heavy (non-hydrogen) atoms. The van der Waals surface area contributed by atoms with Crippen molar-refractivity contribution in [2.24, 2.45) is 0 Å². The highest BCUT2D eigenvalue weighted by molar-refractivity contribution is 5.21. The molecular formula is C19H34N2O. The van der Waals surface area contributed by atoms with Gasteiger partial charge in [0.05, 0.1) is 0 Å². The van der Waals surface area contributed by atoms with Crippen LogP contribution in [0.5, 0.6) is 0 Å². The van der Waals surface area contributed by atoms with Crippen molar-refractivity contribution in [2.45, 2.75) is 85.2 Å². The second-order valence-corrected chi connectivity index (χ2v) is 7.19. The van der Waals surface area contributed by atoms with E-state index in [1.165, 1.54) is 19.3 Å². The molecule has 0 aromatic carbocycles. The molecule has 1 rings (SSSR count). The number of rotatable bonds is 9. The summed E-state index contributed by atoms with van der Waals surface area (Å²) in [5.74, 6) is 0. The fourth-order valence-electron chi connectivity index (χ4n) is 2.68. The molecule has 0 unspecified atom stereocenters. The Hall–Kier alpha value is -1.09. The van der Waals surface area contributed by atoms with Crippen LogP contribution in [0.15, 0.2) is 16.9 Å². The Labute approximate surface area is 136 Å². The fourth-order valence-corrected chi connectivity index (χ4v) is 2.68. The van der Waals surface area contributed by atoms with Gasteiger partial charge in [-0.15, -0.1) is 0 Å². The second-order valence-electron chi connectivity index (χ2n) is 7.19. The van der Waals surface area contributed by atoms with Crippen LogP contribution in [0, 0.1) is 0 Å². The van der Waals surface area contributed by atoms with Crippen molar-refractivity contribution < 1.29 is 0 Å². The first-order valence-electron chi connectivity index (χ1n) is 8.85. The molecule has 0 amide bonds. The minimum absolute atomic E-state index is 0.000453. The van der Waals surface area contributed by atoms with Crippen LogP contribution in [-0.2, 0) is 18.5 Å². The molecule has 3 heteroatoms. The summed E-state index contributed by atoms with van der Waals surface area (Å²) in [6.45, 7) is 13.4. The third-order valence-electron chi connectivity index (χ3n) is 4.03. The number of pyridine rings is 1. The Bertz CT molecular complexity index is 497. The predicted molar refractivity (Wildman–Crippen MR) is 95.5 cm³/mol. The van der Waals surface area contributed by atoms with E-state index >= 15 is 0 Å². The van der Waals surface area contributed by atoms with Gasteiger partial charge in [0.1, 0.15) is 0 Å². The summed E-state index contributed by atoms with van der Waals surface area (Å²) in [5, 5.41) is 3.38. The van der Waals surface area contributed by atoms with Gasteiger partial charge in [-0.3, -0.25) is 4.79 Å². The summed E-state index contributed by atoms with van der Waals surface area (Å²) in [6, 6.07) is 4.16. The molecule has 3 nitrogen and oxygen atoms in total. The fraction of sp³-hybridized carbons (Fsp3) is 0.737. The van der Waals surface area contributed by atoms with Crippen molar-refractivity contribution >= 4 is 0 Å². The SMILES string of the molecule is CCCCCn1c(C(C)(C)C)ccc(CNCCCC)c1=O.